The molecule has 2 N–H and O–H groups in total. The van der Waals surface area contributed by atoms with Crippen molar-refractivity contribution >= 4 is 22.7 Å². The van der Waals surface area contributed by atoms with Crippen LogP contribution in [0, 0.1) is 6.92 Å². The molecule has 0 spiro atoms. The van der Waals surface area contributed by atoms with Crippen LogP contribution < -0.4 is 10.9 Å². The third-order valence-corrected chi connectivity index (χ3v) is 5.06. The molecule has 0 radical (unpaired) electrons. The van der Waals surface area contributed by atoms with Crippen LogP contribution >= 0.6 is 0 Å². The predicted octanol–water partition coefficient (Wildman–Crippen LogP) is 3.01. The van der Waals surface area contributed by atoms with E-state index in [1.165, 1.54) is 19.3 Å². The predicted molar refractivity (Wildman–Crippen MR) is 103 cm³/mol. The highest BCUT2D eigenvalue weighted by atomic mass is 16.5. The Balaban J connectivity index is 2.01. The number of nitrogens with zero attached hydrogens (tertiary/aromatic N) is 2. The number of carbonyl (C=O) groups excluding carboxylic acids is 1. The summed E-state index contributed by atoms with van der Waals surface area (Å²) in [5.74, 6) is -0.755. The number of esters is 1. The molecule has 0 aliphatic heterocycles. The number of hydrogen-bond acceptors (Lipinski definition) is 6. The second kappa shape index (κ2) is 7.82. The van der Waals surface area contributed by atoms with Gasteiger partial charge in [-0.2, -0.15) is 0 Å². The number of ether oxygens (including phenoxy) is 1. The van der Waals surface area contributed by atoms with E-state index in [9.17, 15) is 14.8 Å². The summed E-state index contributed by atoms with van der Waals surface area (Å²) in [7, 11) is 0. The monoisotopic (exact) mass is 371 g/mol. The van der Waals surface area contributed by atoms with Crippen LogP contribution in [-0.4, -0.2) is 33.5 Å². The fourth-order valence-electron chi connectivity index (χ4n) is 3.58. The molecule has 27 heavy (non-hydrogen) atoms. The maximum absolute atomic E-state index is 12.3. The van der Waals surface area contributed by atoms with E-state index in [4.69, 9.17) is 4.74 Å². The van der Waals surface area contributed by atoms with Crippen molar-refractivity contribution in [1.29, 1.82) is 0 Å². The summed E-state index contributed by atoms with van der Waals surface area (Å²) < 4.78 is 5.36. The Kier molecular flexibility index (Phi) is 5.48. The van der Waals surface area contributed by atoms with Gasteiger partial charge in [-0.3, -0.25) is 4.79 Å². The number of nitrogens with one attached hydrogen (secondary N) is 1. The molecule has 2 heterocycles. The third-order valence-electron chi connectivity index (χ3n) is 5.06. The highest BCUT2D eigenvalue weighted by Gasteiger charge is 2.22. The molecular formula is C20H25N3O4. The van der Waals surface area contributed by atoms with Gasteiger partial charge < -0.3 is 15.3 Å². The summed E-state index contributed by atoms with van der Waals surface area (Å²) in [5, 5.41) is 14.1. The second-order valence-electron chi connectivity index (χ2n) is 6.89. The van der Waals surface area contributed by atoms with E-state index in [0.717, 1.165) is 24.1 Å². The normalized spacial score (nSPS) is 14.9. The van der Waals surface area contributed by atoms with Gasteiger partial charge in [-0.25, -0.2) is 9.78 Å². The lowest BCUT2D eigenvalue weighted by Gasteiger charge is -2.25. The molecular weight excluding hydrogens is 346 g/mol. The van der Waals surface area contributed by atoms with E-state index in [1.807, 2.05) is 0 Å². The molecule has 144 valence electrons. The average molecular weight is 371 g/mol. The van der Waals surface area contributed by atoms with Gasteiger partial charge in [0.25, 0.3) is 5.56 Å². The van der Waals surface area contributed by atoms with Crippen molar-refractivity contribution in [3.8, 4) is 0 Å². The largest absolute Gasteiger partial charge is 0.462 e. The topological polar surface area (TPSA) is 93.5 Å². The van der Waals surface area contributed by atoms with Crippen LogP contribution in [0.3, 0.4) is 0 Å². The highest BCUT2D eigenvalue weighted by molar-refractivity contribution is 5.96. The molecule has 3 rings (SSSR count). The maximum atomic E-state index is 12.3. The van der Waals surface area contributed by atoms with Gasteiger partial charge in [-0.05, 0) is 38.3 Å². The molecule has 0 amide bonds. The van der Waals surface area contributed by atoms with Crippen LogP contribution in [0.25, 0.3) is 16.7 Å². The fraction of sp³-hybridized carbons (Fsp3) is 0.450. The highest BCUT2D eigenvalue weighted by Crippen LogP contribution is 2.24. The Morgan fingerprint density at radius 2 is 2.11 bits per heavy atom. The molecule has 7 nitrogen and oxygen atoms in total. The van der Waals surface area contributed by atoms with Crippen molar-refractivity contribution in [1.82, 2.24) is 15.0 Å². The first-order valence-electron chi connectivity index (χ1n) is 9.31. The number of aromatic nitrogens is 2. The number of hydrogen-bond donors (Lipinski definition) is 2. The molecule has 1 aliphatic rings. The third kappa shape index (κ3) is 3.67. The van der Waals surface area contributed by atoms with E-state index in [1.54, 1.807) is 26.1 Å². The lowest BCUT2D eigenvalue weighted by molar-refractivity contribution is 0.0518. The van der Waals surface area contributed by atoms with E-state index < -0.39 is 11.5 Å². The minimum absolute atomic E-state index is 0.0970. The van der Waals surface area contributed by atoms with Crippen molar-refractivity contribution in [3.63, 3.8) is 0 Å². The number of pyridine rings is 2. The molecule has 0 atom stereocenters. The summed E-state index contributed by atoms with van der Waals surface area (Å²) in [4.78, 5) is 28.7. The number of fused-ring (bicyclic) bond motifs is 1. The number of carbonyl (C=O) groups is 1. The Hall–Kier alpha value is -2.83. The van der Waals surface area contributed by atoms with Gasteiger partial charge in [-0.15, -0.1) is 4.73 Å². The molecule has 0 unspecified atom stereocenters. The lowest BCUT2D eigenvalue weighted by atomic mass is 9.95. The van der Waals surface area contributed by atoms with E-state index in [0.29, 0.717) is 21.7 Å². The molecule has 1 saturated carbocycles. The summed E-state index contributed by atoms with van der Waals surface area (Å²) in [6.07, 6.45) is 7.48. The summed E-state index contributed by atoms with van der Waals surface area (Å²) in [6.45, 7) is 7.56. The minimum Gasteiger partial charge on any atom is -0.462 e. The lowest BCUT2D eigenvalue weighted by Crippen LogP contribution is -2.30. The molecule has 2 aromatic heterocycles. The van der Waals surface area contributed by atoms with Gasteiger partial charge in [0.05, 0.1) is 6.61 Å². The minimum atomic E-state index is -0.835. The fourth-order valence-corrected chi connectivity index (χ4v) is 3.58. The van der Waals surface area contributed by atoms with Crippen molar-refractivity contribution in [2.24, 2.45) is 0 Å². The standard InChI is InChI=1S/C20H25N3O4/c1-4-27-20(25)17-12(2)16-10-14(11-21-18(16)23(26)19(17)24)13(3)22-15-8-6-5-7-9-15/h10-11,15,22,26H,3-9H2,1-2H3. The molecule has 2 aromatic rings. The van der Waals surface area contributed by atoms with Crippen LogP contribution in [-0.2, 0) is 4.74 Å². The molecule has 0 aromatic carbocycles. The molecule has 1 aliphatic carbocycles. The van der Waals surface area contributed by atoms with E-state index in [2.05, 4.69) is 16.9 Å². The van der Waals surface area contributed by atoms with Crippen molar-refractivity contribution in [2.45, 2.75) is 52.0 Å². The first-order valence-corrected chi connectivity index (χ1v) is 9.31. The van der Waals surface area contributed by atoms with Crippen LogP contribution in [0.1, 0.15) is 60.5 Å². The van der Waals surface area contributed by atoms with Gasteiger partial charge in [0.15, 0.2) is 5.65 Å². The maximum Gasteiger partial charge on any atom is 0.344 e. The van der Waals surface area contributed by atoms with Crippen LogP contribution in [0.5, 0.6) is 0 Å². The Morgan fingerprint density at radius 1 is 1.41 bits per heavy atom. The molecule has 1 fully saturated rings. The van der Waals surface area contributed by atoms with Gasteiger partial charge >= 0.3 is 5.97 Å². The SMILES string of the molecule is C=C(NC1CCCCC1)c1cnc2c(c1)c(C)c(C(=O)OCC)c(=O)n2O. The molecule has 0 saturated heterocycles. The van der Waals surface area contributed by atoms with Crippen LogP contribution in [0.4, 0.5) is 0 Å². The zero-order valence-corrected chi connectivity index (χ0v) is 15.7. The number of aryl methyl sites for hydroxylation is 1. The summed E-state index contributed by atoms with van der Waals surface area (Å²) >= 11 is 0. The van der Waals surface area contributed by atoms with Crippen molar-refractivity contribution in [2.75, 3.05) is 6.61 Å². The zero-order valence-electron chi connectivity index (χ0n) is 15.7. The average Bonchev–Trinajstić information content (AvgIpc) is 2.67. The first kappa shape index (κ1) is 18.9. The van der Waals surface area contributed by atoms with Crippen LogP contribution in [0.2, 0.25) is 0 Å². The van der Waals surface area contributed by atoms with E-state index >= 15 is 0 Å². The first-order chi connectivity index (χ1) is 12.9. The Morgan fingerprint density at radius 3 is 2.78 bits per heavy atom. The second-order valence-corrected chi connectivity index (χ2v) is 6.89. The van der Waals surface area contributed by atoms with Gasteiger partial charge in [0.1, 0.15) is 5.56 Å². The summed E-state index contributed by atoms with van der Waals surface area (Å²) in [5.41, 5.74) is 1.00. The number of rotatable bonds is 5. The molecule has 0 bridgehead atoms. The molecule has 7 heteroatoms. The Bertz CT molecular complexity index is 942. The van der Waals surface area contributed by atoms with Gasteiger partial charge in [-0.1, -0.05) is 25.8 Å². The van der Waals surface area contributed by atoms with E-state index in [-0.39, 0.29) is 17.8 Å². The zero-order chi connectivity index (χ0) is 19.6. The Labute approximate surface area is 157 Å². The van der Waals surface area contributed by atoms with Crippen molar-refractivity contribution in [3.05, 3.63) is 45.9 Å². The van der Waals surface area contributed by atoms with Gasteiger partial charge in [0.2, 0.25) is 0 Å². The summed E-state index contributed by atoms with van der Waals surface area (Å²) in [6, 6.07) is 2.18. The van der Waals surface area contributed by atoms with Gasteiger partial charge in [0, 0.05) is 28.9 Å². The van der Waals surface area contributed by atoms with Crippen LogP contribution in [0.15, 0.2) is 23.6 Å². The quantitative estimate of drug-likeness (QED) is 0.620. The smallest absolute Gasteiger partial charge is 0.344 e. The van der Waals surface area contributed by atoms with Crippen molar-refractivity contribution < 1.29 is 14.7 Å².